The summed E-state index contributed by atoms with van der Waals surface area (Å²) in [5.41, 5.74) is -0.125. The Kier molecular flexibility index (Phi) is 4.55. The van der Waals surface area contributed by atoms with Crippen LogP contribution in [0.25, 0.3) is 0 Å². The Hall–Kier alpha value is -1.26. The lowest BCUT2D eigenvalue weighted by Crippen LogP contribution is -2.43. The van der Waals surface area contributed by atoms with Gasteiger partial charge in [-0.3, -0.25) is 0 Å². The van der Waals surface area contributed by atoms with Crippen LogP contribution in [-0.2, 0) is 9.63 Å². The number of amides is 2. The molecule has 0 aromatic heterocycles. The molecule has 0 radical (unpaired) electrons. The molecule has 0 aromatic carbocycles. The van der Waals surface area contributed by atoms with Gasteiger partial charge >= 0.3 is 12.0 Å². The summed E-state index contributed by atoms with van der Waals surface area (Å²) in [6.07, 6.45) is 4.61. The second-order valence-electron chi connectivity index (χ2n) is 7.18. The lowest BCUT2D eigenvalue weighted by molar-refractivity contribution is -0.180. The van der Waals surface area contributed by atoms with E-state index < -0.39 is 0 Å². The van der Waals surface area contributed by atoms with Crippen molar-refractivity contribution in [1.29, 1.82) is 0 Å². The quantitative estimate of drug-likeness (QED) is 0.796. The highest BCUT2D eigenvalue weighted by atomic mass is 16.7. The van der Waals surface area contributed by atoms with Crippen LogP contribution in [0.15, 0.2) is 0 Å². The summed E-state index contributed by atoms with van der Waals surface area (Å²) in [6.45, 7) is 8.05. The second-order valence-corrected chi connectivity index (χ2v) is 7.18. The maximum atomic E-state index is 12.4. The minimum Gasteiger partial charge on any atom is -0.337 e. The molecular formula is C15H26N2O3. The van der Waals surface area contributed by atoms with Gasteiger partial charge in [-0.1, -0.05) is 20.8 Å². The van der Waals surface area contributed by atoms with E-state index in [-0.39, 0.29) is 17.4 Å². The molecule has 1 heterocycles. The first-order valence-corrected chi connectivity index (χ1v) is 7.62. The van der Waals surface area contributed by atoms with Gasteiger partial charge in [0.2, 0.25) is 0 Å². The molecule has 2 amide bonds. The Morgan fingerprint density at radius 2 is 1.90 bits per heavy atom. The van der Waals surface area contributed by atoms with E-state index in [1.807, 2.05) is 25.7 Å². The lowest BCUT2D eigenvalue weighted by atomic mass is 9.93. The largest absolute Gasteiger partial charge is 0.353 e. The zero-order valence-electron chi connectivity index (χ0n) is 12.9. The number of nitrogens with zero attached hydrogens (tertiary/aromatic N) is 2. The highest BCUT2D eigenvalue weighted by Gasteiger charge is 2.32. The Morgan fingerprint density at radius 3 is 2.50 bits per heavy atom. The summed E-state index contributed by atoms with van der Waals surface area (Å²) < 4.78 is 0. The molecule has 1 saturated heterocycles. The molecule has 2 fully saturated rings. The van der Waals surface area contributed by atoms with Gasteiger partial charge in [-0.05, 0) is 37.0 Å². The third kappa shape index (κ3) is 4.69. The maximum absolute atomic E-state index is 12.4. The third-order valence-electron chi connectivity index (χ3n) is 3.59. The van der Waals surface area contributed by atoms with Crippen molar-refractivity contribution >= 4 is 12.0 Å². The van der Waals surface area contributed by atoms with E-state index in [4.69, 9.17) is 4.84 Å². The number of hydrogen-bond donors (Lipinski definition) is 0. The van der Waals surface area contributed by atoms with Crippen LogP contribution in [0.2, 0.25) is 0 Å². The third-order valence-corrected chi connectivity index (χ3v) is 3.59. The molecule has 2 rings (SSSR count). The predicted molar refractivity (Wildman–Crippen MR) is 75.8 cm³/mol. The molecule has 0 aromatic rings. The van der Waals surface area contributed by atoms with E-state index >= 15 is 0 Å². The Labute approximate surface area is 121 Å². The lowest BCUT2D eigenvalue weighted by Gasteiger charge is -2.27. The minimum absolute atomic E-state index is 0.125. The topological polar surface area (TPSA) is 49.9 Å². The number of rotatable bonds is 4. The molecule has 114 valence electrons. The van der Waals surface area contributed by atoms with Crippen molar-refractivity contribution in [2.75, 3.05) is 19.6 Å². The van der Waals surface area contributed by atoms with Gasteiger partial charge in [-0.15, -0.1) is 0 Å². The van der Waals surface area contributed by atoms with Crippen LogP contribution in [0.3, 0.4) is 0 Å². The Balaban J connectivity index is 1.90. The van der Waals surface area contributed by atoms with E-state index in [0.29, 0.717) is 18.9 Å². The van der Waals surface area contributed by atoms with Crippen molar-refractivity contribution < 1.29 is 14.4 Å². The first-order valence-electron chi connectivity index (χ1n) is 7.62. The van der Waals surface area contributed by atoms with E-state index in [1.165, 1.54) is 17.9 Å². The molecule has 5 nitrogen and oxygen atoms in total. The average Bonchev–Trinajstić information content (AvgIpc) is 3.12. The molecule has 0 unspecified atom stereocenters. The standard InChI is InChI=1S/C15H26N2O3/c1-15(2,3)10-13(18)20-17-9-5-4-8-16(14(17)19)11-12-6-7-12/h12H,4-11H2,1-3H3. The summed E-state index contributed by atoms with van der Waals surface area (Å²) in [6, 6.07) is -0.142. The molecule has 1 aliphatic heterocycles. The van der Waals surface area contributed by atoms with Crippen LogP contribution in [0.5, 0.6) is 0 Å². The molecule has 20 heavy (non-hydrogen) atoms. The summed E-state index contributed by atoms with van der Waals surface area (Å²) in [7, 11) is 0. The predicted octanol–water partition coefficient (Wildman–Crippen LogP) is 2.81. The fraction of sp³-hybridized carbons (Fsp3) is 0.867. The van der Waals surface area contributed by atoms with Crippen LogP contribution in [0.1, 0.15) is 52.9 Å². The van der Waals surface area contributed by atoms with Gasteiger partial charge < -0.3 is 9.74 Å². The summed E-state index contributed by atoms with van der Waals surface area (Å²) in [4.78, 5) is 31.4. The molecule has 1 aliphatic carbocycles. The van der Waals surface area contributed by atoms with Gasteiger partial charge in [-0.2, -0.15) is 5.06 Å². The van der Waals surface area contributed by atoms with Crippen molar-refractivity contribution in [3.63, 3.8) is 0 Å². The van der Waals surface area contributed by atoms with Gasteiger partial charge in [0.05, 0.1) is 13.0 Å². The highest BCUT2D eigenvalue weighted by Crippen LogP contribution is 2.30. The molecule has 0 bridgehead atoms. The molecule has 0 atom stereocenters. The molecule has 5 heteroatoms. The average molecular weight is 282 g/mol. The van der Waals surface area contributed by atoms with Crippen molar-refractivity contribution in [2.45, 2.75) is 52.9 Å². The maximum Gasteiger partial charge on any atom is 0.353 e. The first-order chi connectivity index (χ1) is 9.35. The summed E-state index contributed by atoms with van der Waals surface area (Å²) in [5.74, 6) is 0.336. The molecule has 0 spiro atoms. The molecule has 0 N–H and O–H groups in total. The van der Waals surface area contributed by atoms with E-state index in [1.54, 1.807) is 0 Å². The van der Waals surface area contributed by atoms with E-state index in [2.05, 4.69) is 0 Å². The van der Waals surface area contributed by atoms with Gasteiger partial charge in [0.15, 0.2) is 0 Å². The van der Waals surface area contributed by atoms with Gasteiger partial charge in [0, 0.05) is 13.1 Å². The Bertz CT molecular complexity index is 372. The second kappa shape index (κ2) is 6.02. The number of carbonyl (C=O) groups excluding carboxylic acids is 2. The van der Waals surface area contributed by atoms with Gasteiger partial charge in [-0.25, -0.2) is 9.59 Å². The summed E-state index contributed by atoms with van der Waals surface area (Å²) >= 11 is 0. The van der Waals surface area contributed by atoms with Crippen molar-refractivity contribution in [3.05, 3.63) is 0 Å². The van der Waals surface area contributed by atoms with Crippen molar-refractivity contribution in [3.8, 4) is 0 Å². The highest BCUT2D eigenvalue weighted by molar-refractivity contribution is 5.77. The SMILES string of the molecule is CC(C)(C)CC(=O)ON1CCCCN(CC2CC2)C1=O. The van der Waals surface area contributed by atoms with Gasteiger partial charge in [0.25, 0.3) is 0 Å². The van der Waals surface area contributed by atoms with Crippen molar-refractivity contribution in [2.24, 2.45) is 11.3 Å². The van der Waals surface area contributed by atoms with Crippen LogP contribution < -0.4 is 0 Å². The Morgan fingerprint density at radius 1 is 1.25 bits per heavy atom. The van der Waals surface area contributed by atoms with Crippen LogP contribution in [0.4, 0.5) is 4.79 Å². The number of hydrogen-bond acceptors (Lipinski definition) is 3. The fourth-order valence-electron chi connectivity index (χ4n) is 2.36. The zero-order chi connectivity index (χ0) is 14.8. The minimum atomic E-state index is -0.320. The van der Waals surface area contributed by atoms with E-state index in [9.17, 15) is 9.59 Å². The molecule has 1 saturated carbocycles. The first kappa shape index (κ1) is 15.1. The van der Waals surface area contributed by atoms with Gasteiger partial charge in [0.1, 0.15) is 0 Å². The molecular weight excluding hydrogens is 256 g/mol. The van der Waals surface area contributed by atoms with Crippen LogP contribution >= 0.6 is 0 Å². The number of hydroxylamine groups is 2. The monoisotopic (exact) mass is 282 g/mol. The van der Waals surface area contributed by atoms with E-state index in [0.717, 1.165) is 25.9 Å². The summed E-state index contributed by atoms with van der Waals surface area (Å²) in [5, 5.41) is 1.27. The smallest absolute Gasteiger partial charge is 0.337 e. The number of urea groups is 1. The molecule has 2 aliphatic rings. The fourth-order valence-corrected chi connectivity index (χ4v) is 2.36. The van der Waals surface area contributed by atoms with Crippen molar-refractivity contribution in [1.82, 2.24) is 9.96 Å². The number of carbonyl (C=O) groups is 2. The van der Waals surface area contributed by atoms with Crippen LogP contribution in [0, 0.1) is 11.3 Å². The zero-order valence-corrected chi connectivity index (χ0v) is 12.9. The van der Waals surface area contributed by atoms with Crippen LogP contribution in [-0.4, -0.2) is 41.6 Å². The normalized spacial score (nSPS) is 20.9.